The van der Waals surface area contributed by atoms with Crippen LogP contribution in [0.25, 0.3) is 0 Å². The van der Waals surface area contributed by atoms with Crippen LogP contribution in [0, 0.1) is 6.92 Å². The van der Waals surface area contributed by atoms with Crippen LogP contribution in [-0.4, -0.2) is 0 Å². The fraction of sp³-hybridized carbons (Fsp3) is 0.333. The Morgan fingerprint density at radius 3 is 2.41 bits per heavy atom. The molecule has 1 aromatic heterocycles. The van der Waals surface area contributed by atoms with Gasteiger partial charge in [0.1, 0.15) is 0 Å². The lowest BCUT2D eigenvalue weighted by atomic mass is 9.81. The quantitative estimate of drug-likeness (QED) is 0.863. The van der Waals surface area contributed by atoms with Crippen molar-refractivity contribution in [3.05, 3.63) is 57.8 Å². The van der Waals surface area contributed by atoms with Crippen molar-refractivity contribution in [2.24, 2.45) is 5.73 Å². The predicted molar refractivity (Wildman–Crippen MR) is 75.4 cm³/mol. The van der Waals surface area contributed by atoms with Gasteiger partial charge in [0.2, 0.25) is 0 Å². The Balaban J connectivity index is 2.46. The summed E-state index contributed by atoms with van der Waals surface area (Å²) in [7, 11) is 0. The zero-order valence-corrected chi connectivity index (χ0v) is 11.3. The number of hydrogen-bond donors (Lipinski definition) is 1. The zero-order valence-electron chi connectivity index (χ0n) is 10.4. The highest BCUT2D eigenvalue weighted by molar-refractivity contribution is 7.10. The number of benzene rings is 1. The molecule has 0 aliphatic carbocycles. The van der Waals surface area contributed by atoms with Gasteiger partial charge < -0.3 is 5.73 Å². The number of aryl methyl sites for hydroxylation is 1. The van der Waals surface area contributed by atoms with Crippen molar-refractivity contribution >= 4 is 11.3 Å². The molecule has 1 heterocycles. The third kappa shape index (κ3) is 2.43. The summed E-state index contributed by atoms with van der Waals surface area (Å²) < 4.78 is 0. The van der Waals surface area contributed by atoms with Gasteiger partial charge >= 0.3 is 0 Å². The van der Waals surface area contributed by atoms with E-state index >= 15 is 0 Å². The molecule has 17 heavy (non-hydrogen) atoms. The SMILES string of the molecule is CCCC(N)(c1ccccc1)c1csc(C)c1. The summed E-state index contributed by atoms with van der Waals surface area (Å²) in [5, 5.41) is 2.19. The Morgan fingerprint density at radius 1 is 1.18 bits per heavy atom. The molecule has 0 aliphatic rings. The summed E-state index contributed by atoms with van der Waals surface area (Å²) in [6, 6.07) is 12.6. The Labute approximate surface area is 107 Å². The van der Waals surface area contributed by atoms with Crippen LogP contribution in [0.2, 0.25) is 0 Å². The van der Waals surface area contributed by atoms with Crippen molar-refractivity contribution in [3.63, 3.8) is 0 Å². The van der Waals surface area contributed by atoms with Crippen molar-refractivity contribution in [3.8, 4) is 0 Å². The van der Waals surface area contributed by atoms with Gasteiger partial charge in [-0.15, -0.1) is 11.3 Å². The topological polar surface area (TPSA) is 26.0 Å². The zero-order chi connectivity index (χ0) is 12.3. The largest absolute Gasteiger partial charge is 0.318 e. The molecule has 0 saturated carbocycles. The summed E-state index contributed by atoms with van der Waals surface area (Å²) in [6.45, 7) is 4.31. The first-order chi connectivity index (χ1) is 8.16. The first kappa shape index (κ1) is 12.3. The van der Waals surface area contributed by atoms with Crippen LogP contribution in [0.5, 0.6) is 0 Å². The Hall–Kier alpha value is -1.12. The molecule has 2 rings (SSSR count). The minimum absolute atomic E-state index is 0.333. The third-order valence-corrected chi connectivity index (χ3v) is 4.04. The van der Waals surface area contributed by atoms with Gasteiger partial charge in [0.05, 0.1) is 5.54 Å². The standard InChI is InChI=1S/C15H19NS/c1-3-9-15(16,13-7-5-4-6-8-13)14-10-12(2)17-11-14/h4-8,10-11H,3,9,16H2,1-2H3. The fourth-order valence-corrected chi connectivity index (χ4v) is 3.05. The van der Waals surface area contributed by atoms with Gasteiger partial charge in [0, 0.05) is 4.88 Å². The monoisotopic (exact) mass is 245 g/mol. The molecule has 2 aromatic rings. The average Bonchev–Trinajstić information content (AvgIpc) is 2.78. The average molecular weight is 245 g/mol. The molecule has 1 unspecified atom stereocenters. The second-order valence-electron chi connectivity index (χ2n) is 4.53. The maximum atomic E-state index is 6.67. The van der Waals surface area contributed by atoms with Gasteiger partial charge in [-0.2, -0.15) is 0 Å². The summed E-state index contributed by atoms with van der Waals surface area (Å²) in [4.78, 5) is 1.32. The molecular weight excluding hydrogens is 226 g/mol. The van der Waals surface area contributed by atoms with E-state index in [1.165, 1.54) is 16.0 Å². The van der Waals surface area contributed by atoms with Gasteiger partial charge in [0.15, 0.2) is 0 Å². The van der Waals surface area contributed by atoms with E-state index in [0.717, 1.165) is 12.8 Å². The molecule has 0 aliphatic heterocycles. The van der Waals surface area contributed by atoms with Gasteiger partial charge in [-0.05, 0) is 35.9 Å². The van der Waals surface area contributed by atoms with Crippen molar-refractivity contribution in [1.29, 1.82) is 0 Å². The van der Waals surface area contributed by atoms with E-state index in [2.05, 4.69) is 49.6 Å². The second-order valence-corrected chi connectivity index (χ2v) is 5.65. The Kier molecular flexibility index (Phi) is 3.65. The smallest absolute Gasteiger partial charge is 0.0673 e. The van der Waals surface area contributed by atoms with Crippen LogP contribution in [0.4, 0.5) is 0 Å². The summed E-state index contributed by atoms with van der Waals surface area (Å²) >= 11 is 1.77. The summed E-state index contributed by atoms with van der Waals surface area (Å²) in [5.41, 5.74) is 8.79. The molecule has 0 spiro atoms. The van der Waals surface area contributed by atoms with E-state index < -0.39 is 0 Å². The van der Waals surface area contributed by atoms with Crippen molar-refractivity contribution in [1.82, 2.24) is 0 Å². The van der Waals surface area contributed by atoms with Crippen LogP contribution in [-0.2, 0) is 5.54 Å². The molecule has 1 atom stereocenters. The Morgan fingerprint density at radius 2 is 1.88 bits per heavy atom. The first-order valence-electron chi connectivity index (χ1n) is 6.07. The van der Waals surface area contributed by atoms with E-state index in [1.807, 2.05) is 6.07 Å². The summed E-state index contributed by atoms with van der Waals surface area (Å²) in [5.74, 6) is 0. The molecule has 1 aromatic carbocycles. The van der Waals surface area contributed by atoms with E-state index in [-0.39, 0.29) is 5.54 Å². The molecule has 0 saturated heterocycles. The maximum absolute atomic E-state index is 6.67. The molecule has 0 fully saturated rings. The number of thiophene rings is 1. The first-order valence-corrected chi connectivity index (χ1v) is 6.95. The van der Waals surface area contributed by atoms with Crippen molar-refractivity contribution in [2.45, 2.75) is 32.2 Å². The number of hydrogen-bond acceptors (Lipinski definition) is 2. The molecule has 90 valence electrons. The Bertz CT molecular complexity index is 475. The van der Waals surface area contributed by atoms with Crippen LogP contribution >= 0.6 is 11.3 Å². The normalized spacial score (nSPS) is 14.5. The summed E-state index contributed by atoms with van der Waals surface area (Å²) in [6.07, 6.45) is 2.06. The highest BCUT2D eigenvalue weighted by Gasteiger charge is 2.29. The van der Waals surface area contributed by atoms with Crippen LogP contribution in [0.3, 0.4) is 0 Å². The second kappa shape index (κ2) is 5.03. The maximum Gasteiger partial charge on any atom is 0.0673 e. The molecule has 0 radical (unpaired) electrons. The van der Waals surface area contributed by atoms with Gasteiger partial charge in [0.25, 0.3) is 0 Å². The minimum atomic E-state index is -0.333. The predicted octanol–water partition coefficient (Wildman–Crippen LogP) is 4.06. The van der Waals surface area contributed by atoms with Crippen molar-refractivity contribution < 1.29 is 0 Å². The molecule has 2 N–H and O–H groups in total. The van der Waals surface area contributed by atoms with Crippen molar-refractivity contribution in [2.75, 3.05) is 0 Å². The van der Waals surface area contributed by atoms with E-state index in [1.54, 1.807) is 11.3 Å². The van der Waals surface area contributed by atoms with Crippen LogP contribution in [0.15, 0.2) is 41.8 Å². The lowest BCUT2D eigenvalue weighted by molar-refractivity contribution is 0.486. The van der Waals surface area contributed by atoms with E-state index in [4.69, 9.17) is 5.73 Å². The third-order valence-electron chi connectivity index (χ3n) is 3.18. The molecule has 0 amide bonds. The molecular formula is C15H19NS. The van der Waals surface area contributed by atoms with E-state index in [0.29, 0.717) is 0 Å². The van der Waals surface area contributed by atoms with Gasteiger partial charge in [-0.25, -0.2) is 0 Å². The fourth-order valence-electron chi connectivity index (χ4n) is 2.26. The van der Waals surface area contributed by atoms with Gasteiger partial charge in [-0.3, -0.25) is 0 Å². The molecule has 2 heteroatoms. The van der Waals surface area contributed by atoms with Gasteiger partial charge in [-0.1, -0.05) is 43.7 Å². The highest BCUT2D eigenvalue weighted by Crippen LogP contribution is 2.33. The highest BCUT2D eigenvalue weighted by atomic mass is 32.1. The van der Waals surface area contributed by atoms with Crippen LogP contribution in [0.1, 0.15) is 35.8 Å². The minimum Gasteiger partial charge on any atom is -0.318 e. The number of rotatable bonds is 4. The van der Waals surface area contributed by atoms with Crippen LogP contribution < -0.4 is 5.73 Å². The lowest BCUT2D eigenvalue weighted by Gasteiger charge is -2.29. The van der Waals surface area contributed by atoms with E-state index in [9.17, 15) is 0 Å². The lowest BCUT2D eigenvalue weighted by Crippen LogP contribution is -2.37. The molecule has 0 bridgehead atoms. The number of nitrogens with two attached hydrogens (primary N) is 1. The molecule has 1 nitrogen and oxygen atoms in total.